The van der Waals surface area contributed by atoms with Crippen LogP contribution >= 0.6 is 0 Å². The number of imidazole rings is 1. The second kappa shape index (κ2) is 7.07. The molecule has 0 aliphatic carbocycles. The van der Waals surface area contributed by atoms with Crippen molar-refractivity contribution in [3.05, 3.63) is 36.5 Å². The van der Waals surface area contributed by atoms with Crippen LogP contribution in [0.4, 0.5) is 19.0 Å². The summed E-state index contributed by atoms with van der Waals surface area (Å²) in [7, 11) is 1.59. The van der Waals surface area contributed by atoms with Crippen LogP contribution in [0.2, 0.25) is 0 Å². The fraction of sp³-hybridized carbons (Fsp3) is 0.250. The van der Waals surface area contributed by atoms with E-state index in [0.29, 0.717) is 23.0 Å². The SMILES string of the molecule is CN1C(=O)CCCn2cc(c(C(F)(F)F)n2)-c2[nH]nc3ncc(nc23)-c2c1nc1ncccn21. The number of hydrogen-bond donors (Lipinski definition) is 1. The van der Waals surface area contributed by atoms with Crippen LogP contribution in [-0.2, 0) is 17.5 Å². The van der Waals surface area contributed by atoms with Gasteiger partial charge in [0.1, 0.15) is 16.9 Å². The molecule has 172 valence electrons. The van der Waals surface area contributed by atoms with E-state index in [0.717, 1.165) is 0 Å². The predicted octanol–water partition coefficient (Wildman–Crippen LogP) is 2.70. The Hall–Kier alpha value is -4.36. The molecular formula is C20H15F3N10O. The van der Waals surface area contributed by atoms with Crippen molar-refractivity contribution in [1.82, 2.24) is 44.3 Å². The fourth-order valence-corrected chi connectivity index (χ4v) is 4.05. The molecule has 34 heavy (non-hydrogen) atoms. The Morgan fingerprint density at radius 1 is 1.18 bits per heavy atom. The van der Waals surface area contributed by atoms with Crippen LogP contribution in [0, 0.1) is 0 Å². The minimum Gasteiger partial charge on any atom is -0.298 e. The number of carbonyl (C=O) groups is 1. The van der Waals surface area contributed by atoms with Crippen LogP contribution in [0.25, 0.3) is 39.6 Å². The molecule has 1 aliphatic rings. The lowest BCUT2D eigenvalue weighted by Crippen LogP contribution is -2.27. The second-order valence-corrected chi connectivity index (χ2v) is 7.81. The summed E-state index contributed by atoms with van der Waals surface area (Å²) in [4.78, 5) is 32.0. The first-order valence-electron chi connectivity index (χ1n) is 10.3. The molecule has 4 bridgehead atoms. The molecule has 0 atom stereocenters. The van der Waals surface area contributed by atoms with Crippen molar-refractivity contribution in [3.63, 3.8) is 0 Å². The molecule has 11 nitrogen and oxygen atoms in total. The number of nitrogens with zero attached hydrogens (tertiary/aromatic N) is 9. The summed E-state index contributed by atoms with van der Waals surface area (Å²) in [6.07, 6.45) is 1.66. The van der Waals surface area contributed by atoms with Crippen molar-refractivity contribution in [1.29, 1.82) is 0 Å². The smallest absolute Gasteiger partial charge is 0.298 e. The van der Waals surface area contributed by atoms with Gasteiger partial charge in [-0.1, -0.05) is 0 Å². The van der Waals surface area contributed by atoms with Crippen molar-refractivity contribution in [2.45, 2.75) is 25.6 Å². The maximum Gasteiger partial charge on any atom is 0.435 e. The van der Waals surface area contributed by atoms with E-state index in [4.69, 9.17) is 0 Å². The number of aromatic amines is 1. The van der Waals surface area contributed by atoms with E-state index in [1.165, 1.54) is 22.0 Å². The molecule has 1 aliphatic heterocycles. The van der Waals surface area contributed by atoms with Crippen LogP contribution in [0.5, 0.6) is 0 Å². The molecule has 1 amide bonds. The number of anilines is 1. The summed E-state index contributed by atoms with van der Waals surface area (Å²) in [5.41, 5.74) is -0.196. The van der Waals surface area contributed by atoms with E-state index in [9.17, 15) is 18.0 Å². The maximum atomic E-state index is 13.8. The zero-order valence-electron chi connectivity index (χ0n) is 17.6. The summed E-state index contributed by atoms with van der Waals surface area (Å²) in [6.45, 7) is 0.116. The lowest BCUT2D eigenvalue weighted by atomic mass is 10.1. The molecule has 0 spiro atoms. The largest absolute Gasteiger partial charge is 0.435 e. The van der Waals surface area contributed by atoms with Gasteiger partial charge in [-0.25, -0.2) is 15.0 Å². The van der Waals surface area contributed by atoms with E-state index in [-0.39, 0.29) is 47.7 Å². The highest BCUT2D eigenvalue weighted by atomic mass is 19.4. The van der Waals surface area contributed by atoms with Crippen molar-refractivity contribution in [2.24, 2.45) is 0 Å². The summed E-state index contributed by atoms with van der Waals surface area (Å²) in [6, 6.07) is 1.70. The molecule has 5 aromatic rings. The van der Waals surface area contributed by atoms with Crippen LogP contribution < -0.4 is 4.90 Å². The Balaban J connectivity index is 1.67. The molecule has 6 heterocycles. The molecule has 0 aromatic carbocycles. The number of carbonyl (C=O) groups excluding carboxylic acids is 1. The highest BCUT2D eigenvalue weighted by Gasteiger charge is 2.39. The third-order valence-electron chi connectivity index (χ3n) is 5.66. The number of rotatable bonds is 0. The maximum absolute atomic E-state index is 13.8. The molecule has 6 rings (SSSR count). The quantitative estimate of drug-likeness (QED) is 0.371. The number of alkyl halides is 3. The number of hydrogen-bond acceptors (Lipinski definition) is 7. The first-order valence-corrected chi connectivity index (χ1v) is 10.3. The number of nitrogens with one attached hydrogen (secondary N) is 1. The van der Waals surface area contributed by atoms with Crippen molar-refractivity contribution >= 4 is 28.7 Å². The molecule has 5 aromatic heterocycles. The number of aromatic nitrogens is 9. The van der Waals surface area contributed by atoms with E-state index in [2.05, 4.69) is 35.2 Å². The van der Waals surface area contributed by atoms with Gasteiger partial charge in [-0.05, 0) is 12.5 Å². The van der Waals surface area contributed by atoms with Crippen LogP contribution in [0.1, 0.15) is 18.5 Å². The second-order valence-electron chi connectivity index (χ2n) is 7.81. The minimum atomic E-state index is -4.70. The number of aryl methyl sites for hydroxylation is 1. The molecule has 0 saturated carbocycles. The van der Waals surface area contributed by atoms with Gasteiger partial charge >= 0.3 is 6.18 Å². The summed E-state index contributed by atoms with van der Waals surface area (Å²) < 4.78 is 44.3. The average molecular weight is 468 g/mol. The standard InChI is InChI=1S/C20H15F3N10O/c1-31-12(34)4-2-6-32-9-10(16(30-32)20(21,22)23)13-14-17(29-28-13)25-8-11(26-14)15-18(31)27-19-24-5-3-7-33(15)19/h3,5,7-9H,2,4,6H2,1H3,(H,25,28,29). The summed E-state index contributed by atoms with van der Waals surface area (Å²) >= 11 is 0. The van der Waals surface area contributed by atoms with Gasteiger partial charge < -0.3 is 0 Å². The van der Waals surface area contributed by atoms with E-state index in [1.807, 2.05) is 0 Å². The van der Waals surface area contributed by atoms with Crippen LogP contribution in [-0.4, -0.2) is 57.3 Å². The highest BCUT2D eigenvalue weighted by molar-refractivity contribution is 5.96. The number of fused-ring (bicyclic) bond motifs is 8. The van der Waals surface area contributed by atoms with Gasteiger partial charge in [0.05, 0.1) is 17.5 Å². The molecular weight excluding hydrogens is 453 g/mol. The van der Waals surface area contributed by atoms with Crippen molar-refractivity contribution < 1.29 is 18.0 Å². The zero-order chi connectivity index (χ0) is 23.6. The van der Waals surface area contributed by atoms with Gasteiger partial charge in [-0.3, -0.25) is 23.9 Å². The monoisotopic (exact) mass is 468 g/mol. The van der Waals surface area contributed by atoms with Gasteiger partial charge in [-0.2, -0.15) is 28.4 Å². The molecule has 0 saturated heterocycles. The highest BCUT2D eigenvalue weighted by Crippen LogP contribution is 2.38. The van der Waals surface area contributed by atoms with E-state index in [1.54, 1.807) is 29.9 Å². The summed E-state index contributed by atoms with van der Waals surface area (Å²) in [5, 5.41) is 10.4. The molecule has 0 unspecified atom stereocenters. The third kappa shape index (κ3) is 3.02. The summed E-state index contributed by atoms with van der Waals surface area (Å²) in [5.74, 6) is 0.391. The Morgan fingerprint density at radius 2 is 2.03 bits per heavy atom. The molecule has 14 heteroatoms. The Labute approximate surface area is 188 Å². The predicted molar refractivity (Wildman–Crippen MR) is 113 cm³/mol. The lowest BCUT2D eigenvalue weighted by molar-refractivity contribution is -0.141. The van der Waals surface area contributed by atoms with Gasteiger partial charge in [0.15, 0.2) is 17.2 Å². The molecule has 0 fully saturated rings. The number of H-pyrrole nitrogens is 1. The van der Waals surface area contributed by atoms with Gasteiger partial charge in [-0.15, -0.1) is 0 Å². The van der Waals surface area contributed by atoms with Crippen molar-refractivity contribution in [2.75, 3.05) is 11.9 Å². The Morgan fingerprint density at radius 3 is 2.85 bits per heavy atom. The average Bonchev–Trinajstić information content (AvgIpc) is 3.51. The lowest BCUT2D eigenvalue weighted by Gasteiger charge is -2.16. The first kappa shape index (κ1) is 20.3. The minimum absolute atomic E-state index is 0.0536. The van der Waals surface area contributed by atoms with E-state index >= 15 is 0 Å². The molecule has 0 radical (unpaired) electrons. The zero-order valence-corrected chi connectivity index (χ0v) is 17.6. The van der Waals surface area contributed by atoms with E-state index < -0.39 is 11.9 Å². The van der Waals surface area contributed by atoms with Crippen LogP contribution in [0.15, 0.2) is 30.9 Å². The molecule has 1 N–H and O–H groups in total. The van der Waals surface area contributed by atoms with Crippen molar-refractivity contribution in [3.8, 4) is 22.6 Å². The van der Waals surface area contributed by atoms with Gasteiger partial charge in [0, 0.05) is 38.6 Å². The van der Waals surface area contributed by atoms with Gasteiger partial charge in [0.25, 0.3) is 0 Å². The Kier molecular flexibility index (Phi) is 4.21. The number of amides is 1. The Bertz CT molecular complexity index is 1580. The fourth-order valence-electron chi connectivity index (χ4n) is 4.05. The van der Waals surface area contributed by atoms with Gasteiger partial charge in [0.2, 0.25) is 11.7 Å². The third-order valence-corrected chi connectivity index (χ3v) is 5.66. The van der Waals surface area contributed by atoms with Crippen LogP contribution in [0.3, 0.4) is 0 Å². The first-order chi connectivity index (χ1) is 16.3. The normalized spacial score (nSPS) is 14.7. The topological polar surface area (TPSA) is 123 Å². The number of halogens is 3.